The van der Waals surface area contributed by atoms with Gasteiger partial charge in [-0.15, -0.1) is 0 Å². The average molecular weight is 520 g/mol. The van der Waals surface area contributed by atoms with Crippen LogP contribution in [0.25, 0.3) is 21.9 Å². The molecule has 196 valence electrons. The fourth-order valence-corrected chi connectivity index (χ4v) is 5.32. The van der Waals surface area contributed by atoms with E-state index < -0.39 is 14.2 Å². The number of allylic oxidation sites excluding steroid dienone is 5. The van der Waals surface area contributed by atoms with Crippen LogP contribution in [0.1, 0.15) is 51.7 Å². The zero-order valence-electron chi connectivity index (χ0n) is 22.8. The summed E-state index contributed by atoms with van der Waals surface area (Å²) in [6, 6.07) is 15.1. The summed E-state index contributed by atoms with van der Waals surface area (Å²) in [5, 5.41) is 42.4. The third-order valence-corrected chi connectivity index (χ3v) is 7.18. The van der Waals surface area contributed by atoms with Crippen molar-refractivity contribution in [2.24, 2.45) is 0 Å². The Morgan fingerprint density at radius 2 is 1.46 bits per heavy atom. The van der Waals surface area contributed by atoms with E-state index in [0.717, 1.165) is 22.5 Å². The molecule has 3 aromatic carbocycles. The maximum Gasteiger partial charge on any atom is 0.489 e. The minimum absolute atomic E-state index is 0.221. The minimum Gasteiger partial charge on any atom is -0.454 e. The van der Waals surface area contributed by atoms with Gasteiger partial charge in [-0.25, -0.2) is 0 Å². The summed E-state index contributed by atoms with van der Waals surface area (Å²) >= 11 is 0. The van der Waals surface area contributed by atoms with Crippen LogP contribution in [-0.2, 0) is 5.41 Å². The summed E-state index contributed by atoms with van der Waals surface area (Å²) in [5.74, 6) is 0.229. The highest BCUT2D eigenvalue weighted by Crippen LogP contribution is 2.43. The smallest absolute Gasteiger partial charge is 0.454 e. The molecule has 1 aliphatic carbocycles. The van der Waals surface area contributed by atoms with Crippen molar-refractivity contribution in [3.8, 4) is 0 Å². The summed E-state index contributed by atoms with van der Waals surface area (Å²) in [6.07, 6.45) is 10.7. The maximum atomic E-state index is 10.4. The fourth-order valence-electron chi connectivity index (χ4n) is 5.32. The molecule has 1 heterocycles. The predicted octanol–water partition coefficient (Wildman–Crippen LogP) is 4.32. The second kappa shape index (κ2) is 10.2. The quantitative estimate of drug-likeness (QED) is 0.224. The van der Waals surface area contributed by atoms with E-state index in [9.17, 15) is 20.1 Å². The summed E-state index contributed by atoms with van der Waals surface area (Å²) < 4.78 is 6.65. The molecule has 0 atom stereocenters. The molecule has 5 rings (SSSR count). The van der Waals surface area contributed by atoms with Gasteiger partial charge in [0.2, 0.25) is 0 Å². The lowest BCUT2D eigenvalue weighted by molar-refractivity contribution is 0.424. The number of rotatable bonds is 6. The van der Waals surface area contributed by atoms with Crippen LogP contribution in [0, 0.1) is 6.08 Å². The average Bonchev–Trinajstić information content (AvgIpc) is 3.29. The molecule has 4 N–H and O–H groups in total. The van der Waals surface area contributed by atoms with Gasteiger partial charge in [0.15, 0.2) is 11.3 Å². The molecule has 0 aliphatic heterocycles. The molecular weight excluding hydrogens is 488 g/mol. The molecule has 6 nitrogen and oxygen atoms in total. The Balaban J connectivity index is 1.96. The Morgan fingerprint density at radius 3 is 2.05 bits per heavy atom. The molecule has 8 heteroatoms. The van der Waals surface area contributed by atoms with Crippen molar-refractivity contribution in [2.45, 2.75) is 46.0 Å². The maximum absolute atomic E-state index is 10.4. The van der Waals surface area contributed by atoms with Gasteiger partial charge in [-0.05, 0) is 40.0 Å². The van der Waals surface area contributed by atoms with Crippen LogP contribution < -0.4 is 15.8 Å². The third kappa shape index (κ3) is 4.71. The molecule has 0 bridgehead atoms. The number of nitrogens with zero attached hydrogens (tertiary/aromatic N) is 1. The van der Waals surface area contributed by atoms with E-state index in [1.807, 2.05) is 48.6 Å². The Bertz CT molecular complexity index is 1640. The summed E-state index contributed by atoms with van der Waals surface area (Å²) in [7, 11) is -3.58. The molecule has 0 fully saturated rings. The monoisotopic (exact) mass is 520 g/mol. The van der Waals surface area contributed by atoms with Gasteiger partial charge in [-0.3, -0.25) is 4.90 Å². The van der Waals surface area contributed by atoms with Crippen molar-refractivity contribution < 1.29 is 24.5 Å². The largest absolute Gasteiger partial charge is 0.489 e. The molecule has 0 radical (unpaired) electrons. The van der Waals surface area contributed by atoms with Crippen LogP contribution in [-0.4, -0.2) is 34.3 Å². The van der Waals surface area contributed by atoms with E-state index in [1.165, 1.54) is 0 Å². The second-order valence-electron chi connectivity index (χ2n) is 11.2. The first-order valence-electron chi connectivity index (χ1n) is 13.1. The number of benzene rings is 3. The van der Waals surface area contributed by atoms with E-state index in [-0.39, 0.29) is 22.3 Å². The van der Waals surface area contributed by atoms with E-state index in [0.29, 0.717) is 27.6 Å². The molecule has 39 heavy (non-hydrogen) atoms. The van der Waals surface area contributed by atoms with E-state index in [4.69, 9.17) is 4.42 Å². The van der Waals surface area contributed by atoms with Gasteiger partial charge in [-0.1, -0.05) is 71.0 Å². The first kappa shape index (κ1) is 26.9. The number of fused-ring (bicyclic) bond motifs is 3. The van der Waals surface area contributed by atoms with Crippen molar-refractivity contribution in [3.63, 3.8) is 0 Å². The van der Waals surface area contributed by atoms with Crippen LogP contribution in [0.15, 0.2) is 82.9 Å². The molecular formula is C31H32B2NO5+. The number of para-hydroxylation sites is 1. The lowest BCUT2D eigenvalue weighted by Crippen LogP contribution is -2.34. The molecule has 0 unspecified atom stereocenters. The van der Waals surface area contributed by atoms with Crippen LogP contribution in [0.5, 0.6) is 0 Å². The molecule has 0 saturated carbocycles. The van der Waals surface area contributed by atoms with Gasteiger partial charge in [-0.2, -0.15) is 0 Å². The second-order valence-corrected chi connectivity index (χ2v) is 11.2. The highest BCUT2D eigenvalue weighted by molar-refractivity contribution is 6.66. The van der Waals surface area contributed by atoms with Crippen molar-refractivity contribution >= 4 is 58.5 Å². The van der Waals surface area contributed by atoms with Crippen molar-refractivity contribution in [1.29, 1.82) is 0 Å². The van der Waals surface area contributed by atoms with Gasteiger partial charge >= 0.3 is 14.2 Å². The van der Waals surface area contributed by atoms with E-state index in [1.54, 1.807) is 12.1 Å². The summed E-state index contributed by atoms with van der Waals surface area (Å²) in [4.78, 5) is 2.09. The first-order valence-corrected chi connectivity index (χ1v) is 13.1. The van der Waals surface area contributed by atoms with E-state index in [2.05, 4.69) is 57.7 Å². The molecule has 4 aromatic rings. The zero-order chi connectivity index (χ0) is 28.1. The molecule has 0 spiro atoms. The van der Waals surface area contributed by atoms with Gasteiger partial charge in [0, 0.05) is 22.4 Å². The van der Waals surface area contributed by atoms with Crippen LogP contribution in [0.4, 0.5) is 11.4 Å². The molecule has 0 amide bonds. The van der Waals surface area contributed by atoms with Crippen molar-refractivity contribution in [3.05, 3.63) is 95.7 Å². The van der Waals surface area contributed by atoms with Crippen molar-refractivity contribution in [1.82, 2.24) is 0 Å². The van der Waals surface area contributed by atoms with Crippen LogP contribution in [0.2, 0.25) is 0 Å². The first-order chi connectivity index (χ1) is 18.5. The fraction of sp³-hybridized carbons (Fsp3) is 0.226. The van der Waals surface area contributed by atoms with Crippen molar-refractivity contribution in [2.75, 3.05) is 4.90 Å². The number of hydrogen-bond donors (Lipinski definition) is 4. The normalized spacial score (nSPS) is 13.2. The van der Waals surface area contributed by atoms with Gasteiger partial charge in [0.05, 0.1) is 23.5 Å². The van der Waals surface area contributed by atoms with E-state index >= 15 is 0 Å². The van der Waals surface area contributed by atoms with Gasteiger partial charge in [0.1, 0.15) is 17.7 Å². The zero-order valence-corrected chi connectivity index (χ0v) is 22.8. The highest BCUT2D eigenvalue weighted by atomic mass is 16.4. The molecule has 0 saturated heterocycles. The molecule has 1 aliphatic rings. The topological polar surface area (TPSA) is 97.3 Å². The summed E-state index contributed by atoms with van der Waals surface area (Å²) in [6.45, 7) is 10.4. The lowest BCUT2D eigenvalue weighted by Gasteiger charge is -2.27. The third-order valence-electron chi connectivity index (χ3n) is 7.18. The number of furan rings is 1. The Morgan fingerprint density at radius 1 is 0.821 bits per heavy atom. The predicted molar refractivity (Wildman–Crippen MR) is 160 cm³/mol. The highest BCUT2D eigenvalue weighted by Gasteiger charge is 2.32. The lowest BCUT2D eigenvalue weighted by atomic mass is 9.71. The molecule has 1 aromatic heterocycles. The van der Waals surface area contributed by atoms with Gasteiger partial charge < -0.3 is 24.5 Å². The SMILES string of the molecule is CC(C)c1ccccc1N(C1=CC=[C+]C=C1)c1ccc(B(O)O)c2c1oc1c(C(C)(C)C)ccc(B(O)O)c12. The van der Waals surface area contributed by atoms with Crippen LogP contribution >= 0.6 is 0 Å². The standard InChI is InChI=1S/C31H32B2NO5/c1-19(2)21-13-9-10-14-25(21)34(20-11-7-6-8-12-20)26-18-17-24(33(37)38)28-27-23(32(35)36)16-15-22(31(3,4)5)29(27)39-30(26)28/h7-19,35-38H,1-5H3/q+1. The number of hydrogen-bond acceptors (Lipinski definition) is 6. The minimum atomic E-state index is -1.80. The Labute approximate surface area is 229 Å². The van der Waals surface area contributed by atoms with Gasteiger partial charge in [0.25, 0.3) is 0 Å². The summed E-state index contributed by atoms with van der Waals surface area (Å²) in [5.41, 5.74) is 5.53. The van der Waals surface area contributed by atoms with Crippen LogP contribution in [0.3, 0.4) is 0 Å². The number of anilines is 2. The Hall–Kier alpha value is -3.64. The Kier molecular flexibility index (Phi) is 7.02.